The van der Waals surface area contributed by atoms with Gasteiger partial charge in [-0.3, -0.25) is 0 Å². The molecule has 0 heterocycles. The molecule has 0 unspecified atom stereocenters. The molecule has 2 N–H and O–H groups in total. The van der Waals surface area contributed by atoms with E-state index in [4.69, 9.17) is 10.2 Å². The van der Waals surface area contributed by atoms with Crippen molar-refractivity contribution in [2.45, 2.75) is 6.10 Å². The van der Waals surface area contributed by atoms with E-state index in [0.717, 1.165) is 6.08 Å². The van der Waals surface area contributed by atoms with Crippen molar-refractivity contribution in [2.75, 3.05) is 13.7 Å². The number of ether oxygens (including phenoxy) is 1. The van der Waals surface area contributed by atoms with Gasteiger partial charge in [-0.05, 0) is 6.08 Å². The molecular weight excluding hydrogens is 136 g/mol. The van der Waals surface area contributed by atoms with Crippen molar-refractivity contribution < 1.29 is 19.7 Å². The molecule has 0 aromatic rings. The Labute approximate surface area is 58.7 Å². The van der Waals surface area contributed by atoms with Crippen LogP contribution in [0, 0.1) is 0 Å². The van der Waals surface area contributed by atoms with E-state index in [1.165, 1.54) is 13.2 Å². The molecule has 0 aromatic heterocycles. The highest BCUT2D eigenvalue weighted by Gasteiger charge is 2.06. The number of aliphatic carboxylic acids is 1. The number of aliphatic hydroxyl groups is 1. The standard InChI is InChI=1S/C6H10O4/c1-10-4-2-3-5(7)6(8)9/h2-3,5,7H,4H2,1H3,(H,8,9)/b3-2+/t5-/m1/s1. The number of hydrogen-bond acceptors (Lipinski definition) is 3. The summed E-state index contributed by atoms with van der Waals surface area (Å²) in [6.45, 7) is 0.310. The Hall–Kier alpha value is -0.870. The Morgan fingerprint density at radius 1 is 1.80 bits per heavy atom. The first-order valence-corrected chi connectivity index (χ1v) is 2.75. The van der Waals surface area contributed by atoms with Crippen LogP contribution in [0.3, 0.4) is 0 Å². The van der Waals surface area contributed by atoms with Crippen molar-refractivity contribution in [3.8, 4) is 0 Å². The van der Waals surface area contributed by atoms with E-state index in [-0.39, 0.29) is 0 Å². The summed E-state index contributed by atoms with van der Waals surface area (Å²) in [4.78, 5) is 9.95. The second-order valence-electron chi connectivity index (χ2n) is 1.67. The Morgan fingerprint density at radius 2 is 2.40 bits per heavy atom. The summed E-state index contributed by atoms with van der Waals surface area (Å²) in [6.07, 6.45) is 1.18. The molecule has 0 saturated carbocycles. The van der Waals surface area contributed by atoms with E-state index in [2.05, 4.69) is 4.74 Å². The highest BCUT2D eigenvalue weighted by molar-refractivity contribution is 5.74. The van der Waals surface area contributed by atoms with Gasteiger partial charge in [0.1, 0.15) is 0 Å². The largest absolute Gasteiger partial charge is 0.479 e. The van der Waals surface area contributed by atoms with Gasteiger partial charge in [0.2, 0.25) is 0 Å². The van der Waals surface area contributed by atoms with Gasteiger partial charge in [0.05, 0.1) is 6.61 Å². The second-order valence-corrected chi connectivity index (χ2v) is 1.67. The fourth-order valence-corrected chi connectivity index (χ4v) is 0.363. The van der Waals surface area contributed by atoms with Gasteiger partial charge in [-0.2, -0.15) is 0 Å². The first-order chi connectivity index (χ1) is 4.68. The lowest BCUT2D eigenvalue weighted by Gasteiger charge is -1.95. The van der Waals surface area contributed by atoms with E-state index in [0.29, 0.717) is 6.61 Å². The van der Waals surface area contributed by atoms with Crippen molar-refractivity contribution >= 4 is 5.97 Å². The summed E-state index contributed by atoms with van der Waals surface area (Å²) in [6, 6.07) is 0. The number of methoxy groups -OCH3 is 1. The van der Waals surface area contributed by atoms with Gasteiger partial charge in [-0.15, -0.1) is 0 Å². The van der Waals surface area contributed by atoms with E-state index < -0.39 is 12.1 Å². The summed E-state index contributed by atoms with van der Waals surface area (Å²) in [5.74, 6) is -1.26. The average molecular weight is 146 g/mol. The van der Waals surface area contributed by atoms with E-state index in [1.54, 1.807) is 0 Å². The van der Waals surface area contributed by atoms with Crippen LogP contribution in [0.15, 0.2) is 12.2 Å². The summed E-state index contributed by atoms with van der Waals surface area (Å²) in [5, 5.41) is 16.8. The molecule has 0 amide bonds. The number of carboxylic acids is 1. The van der Waals surface area contributed by atoms with Crippen LogP contribution in [0.2, 0.25) is 0 Å². The molecule has 0 bridgehead atoms. The zero-order valence-electron chi connectivity index (χ0n) is 5.65. The van der Waals surface area contributed by atoms with Crippen LogP contribution >= 0.6 is 0 Å². The monoisotopic (exact) mass is 146 g/mol. The number of hydrogen-bond donors (Lipinski definition) is 2. The Balaban J connectivity index is 3.55. The molecule has 1 atom stereocenters. The fourth-order valence-electron chi connectivity index (χ4n) is 0.363. The third-order valence-electron chi connectivity index (χ3n) is 0.834. The van der Waals surface area contributed by atoms with Crippen LogP contribution in [0.5, 0.6) is 0 Å². The summed E-state index contributed by atoms with van der Waals surface area (Å²) < 4.78 is 4.58. The maximum atomic E-state index is 9.95. The van der Waals surface area contributed by atoms with Crippen LogP contribution in [0.1, 0.15) is 0 Å². The highest BCUT2D eigenvalue weighted by atomic mass is 16.5. The molecule has 0 spiro atoms. The van der Waals surface area contributed by atoms with Crippen LogP contribution in [-0.4, -0.2) is 36.0 Å². The zero-order chi connectivity index (χ0) is 7.98. The molecule has 0 aliphatic heterocycles. The van der Waals surface area contributed by atoms with Crippen LogP contribution in [0.4, 0.5) is 0 Å². The van der Waals surface area contributed by atoms with Gasteiger partial charge in [0.25, 0.3) is 0 Å². The zero-order valence-corrected chi connectivity index (χ0v) is 5.65. The lowest BCUT2D eigenvalue weighted by Crippen LogP contribution is -2.16. The Morgan fingerprint density at radius 3 is 2.80 bits per heavy atom. The molecule has 0 aromatic carbocycles. The predicted molar refractivity (Wildman–Crippen MR) is 34.7 cm³/mol. The molecule has 0 fully saturated rings. The van der Waals surface area contributed by atoms with Crippen molar-refractivity contribution in [2.24, 2.45) is 0 Å². The molecule has 0 saturated heterocycles. The average Bonchev–Trinajstić information content (AvgIpc) is 1.88. The van der Waals surface area contributed by atoms with Crippen LogP contribution in [0.25, 0.3) is 0 Å². The molecule has 10 heavy (non-hydrogen) atoms. The Bertz CT molecular complexity index is 130. The maximum Gasteiger partial charge on any atom is 0.336 e. The van der Waals surface area contributed by atoms with Crippen LogP contribution in [-0.2, 0) is 9.53 Å². The van der Waals surface area contributed by atoms with E-state index in [9.17, 15) is 4.79 Å². The molecule has 0 aliphatic carbocycles. The SMILES string of the molecule is COC/C=C/[C@@H](O)C(=O)O. The van der Waals surface area contributed by atoms with Gasteiger partial charge in [0.15, 0.2) is 6.10 Å². The predicted octanol–water partition coefficient (Wildman–Crippen LogP) is -0.365. The quantitative estimate of drug-likeness (QED) is 0.531. The first-order valence-electron chi connectivity index (χ1n) is 2.75. The topological polar surface area (TPSA) is 66.8 Å². The summed E-state index contributed by atoms with van der Waals surface area (Å²) in [7, 11) is 1.48. The van der Waals surface area contributed by atoms with Crippen molar-refractivity contribution in [3.05, 3.63) is 12.2 Å². The number of rotatable bonds is 4. The first kappa shape index (κ1) is 9.13. The third kappa shape index (κ3) is 4.05. The van der Waals surface area contributed by atoms with E-state index in [1.807, 2.05) is 0 Å². The van der Waals surface area contributed by atoms with Crippen LogP contribution < -0.4 is 0 Å². The van der Waals surface area contributed by atoms with Gasteiger partial charge in [-0.25, -0.2) is 4.79 Å². The van der Waals surface area contributed by atoms with E-state index >= 15 is 0 Å². The summed E-state index contributed by atoms with van der Waals surface area (Å²) >= 11 is 0. The highest BCUT2D eigenvalue weighted by Crippen LogP contribution is 1.85. The van der Waals surface area contributed by atoms with Crippen molar-refractivity contribution in [1.82, 2.24) is 0 Å². The normalized spacial score (nSPS) is 13.8. The van der Waals surface area contributed by atoms with Crippen molar-refractivity contribution in [3.63, 3.8) is 0 Å². The molecule has 0 radical (unpaired) electrons. The number of carbonyl (C=O) groups is 1. The number of carboxylic acid groups (broad SMARTS) is 1. The van der Waals surface area contributed by atoms with Gasteiger partial charge in [-0.1, -0.05) is 6.08 Å². The third-order valence-corrected chi connectivity index (χ3v) is 0.834. The maximum absolute atomic E-state index is 9.95. The van der Waals surface area contributed by atoms with Gasteiger partial charge in [0, 0.05) is 7.11 Å². The second kappa shape index (κ2) is 4.96. The van der Waals surface area contributed by atoms with Gasteiger partial charge >= 0.3 is 5.97 Å². The Kier molecular flexibility index (Phi) is 4.53. The summed E-state index contributed by atoms with van der Waals surface area (Å²) in [5.41, 5.74) is 0. The molecule has 0 aliphatic rings. The molecule has 58 valence electrons. The lowest BCUT2D eigenvalue weighted by atomic mass is 10.3. The minimum atomic E-state index is -1.42. The minimum absolute atomic E-state index is 0.310. The lowest BCUT2D eigenvalue weighted by molar-refractivity contribution is -0.144. The molecule has 4 heteroatoms. The smallest absolute Gasteiger partial charge is 0.336 e. The number of aliphatic hydroxyl groups excluding tert-OH is 1. The van der Waals surface area contributed by atoms with Crippen molar-refractivity contribution in [1.29, 1.82) is 0 Å². The molecule has 0 rings (SSSR count). The van der Waals surface area contributed by atoms with Gasteiger partial charge < -0.3 is 14.9 Å². The molecule has 4 nitrogen and oxygen atoms in total. The molecular formula is C6H10O4. The fraction of sp³-hybridized carbons (Fsp3) is 0.500. The minimum Gasteiger partial charge on any atom is -0.479 e.